The minimum absolute atomic E-state index is 0.0104. The van der Waals surface area contributed by atoms with Crippen molar-refractivity contribution in [2.75, 3.05) is 10.0 Å². The molecular weight excluding hydrogens is 358 g/mol. The van der Waals surface area contributed by atoms with Gasteiger partial charge in [-0.05, 0) is 44.2 Å². The number of carbonyl (C=O) groups is 1. The number of benzene rings is 1. The molecule has 0 aliphatic carbocycles. The lowest BCUT2D eigenvalue weighted by molar-refractivity contribution is 0.101. The van der Waals surface area contributed by atoms with Crippen LogP contribution in [0.3, 0.4) is 0 Å². The number of rotatable bonds is 5. The smallest absolute Gasteiger partial charge is 0.277 e. The van der Waals surface area contributed by atoms with Gasteiger partial charge in [0.25, 0.3) is 15.9 Å². The van der Waals surface area contributed by atoms with Crippen molar-refractivity contribution in [1.29, 1.82) is 0 Å². The van der Waals surface area contributed by atoms with Crippen molar-refractivity contribution in [3.8, 4) is 0 Å². The molecule has 9 nitrogen and oxygen atoms in total. The molecule has 2 N–H and O–H groups in total. The summed E-state index contributed by atoms with van der Waals surface area (Å²) in [7, 11) is -3.84. The molecule has 2 heterocycles. The topological polar surface area (TPSA) is 127 Å². The molecule has 0 unspecified atom stereocenters. The van der Waals surface area contributed by atoms with E-state index >= 15 is 0 Å². The molecule has 0 aliphatic heterocycles. The lowest BCUT2D eigenvalue weighted by atomic mass is 10.3. The minimum Gasteiger partial charge on any atom is -0.361 e. The zero-order valence-electron chi connectivity index (χ0n) is 13.9. The second kappa shape index (κ2) is 6.92. The van der Waals surface area contributed by atoms with Crippen molar-refractivity contribution in [2.45, 2.75) is 18.7 Å². The van der Waals surface area contributed by atoms with E-state index < -0.39 is 15.9 Å². The van der Waals surface area contributed by atoms with Crippen molar-refractivity contribution in [2.24, 2.45) is 0 Å². The van der Waals surface area contributed by atoms with Crippen molar-refractivity contribution in [3.63, 3.8) is 0 Å². The molecule has 26 heavy (non-hydrogen) atoms. The van der Waals surface area contributed by atoms with Crippen LogP contribution in [0.25, 0.3) is 0 Å². The molecule has 1 aromatic carbocycles. The van der Waals surface area contributed by atoms with Gasteiger partial charge in [-0.15, -0.1) is 0 Å². The average molecular weight is 373 g/mol. The summed E-state index contributed by atoms with van der Waals surface area (Å²) in [5, 5.41) is 6.22. The Morgan fingerprint density at radius 1 is 1.12 bits per heavy atom. The van der Waals surface area contributed by atoms with E-state index in [1.54, 1.807) is 19.9 Å². The number of nitrogens with zero attached hydrogens (tertiary/aromatic N) is 3. The van der Waals surface area contributed by atoms with Gasteiger partial charge in [-0.2, -0.15) is 0 Å². The van der Waals surface area contributed by atoms with Gasteiger partial charge in [-0.25, -0.2) is 23.1 Å². The van der Waals surface area contributed by atoms with Gasteiger partial charge in [-0.3, -0.25) is 4.79 Å². The van der Waals surface area contributed by atoms with Crippen molar-refractivity contribution in [3.05, 3.63) is 59.7 Å². The van der Waals surface area contributed by atoms with E-state index in [1.807, 2.05) is 0 Å². The standard InChI is InChI=1S/C16H15N5O4S/c1-10-7-8-17-16(18-10)21-26(23,24)13-5-3-12(4-6-13)19-15(22)14-9-11(2)25-20-14/h3-9H,1-2H3,(H,19,22)(H,17,18,21). The van der Waals surface area contributed by atoms with Crippen LogP contribution in [0.2, 0.25) is 0 Å². The Balaban J connectivity index is 1.73. The number of hydrogen-bond acceptors (Lipinski definition) is 7. The molecule has 0 fully saturated rings. The SMILES string of the molecule is Cc1ccnc(NS(=O)(=O)c2ccc(NC(=O)c3cc(C)on3)cc2)n1. The number of carbonyl (C=O) groups excluding carboxylic acids is 1. The van der Waals surface area contributed by atoms with E-state index in [0.29, 0.717) is 17.1 Å². The summed E-state index contributed by atoms with van der Waals surface area (Å²) >= 11 is 0. The largest absolute Gasteiger partial charge is 0.361 e. The highest BCUT2D eigenvalue weighted by Crippen LogP contribution is 2.17. The van der Waals surface area contributed by atoms with Crippen molar-refractivity contribution < 1.29 is 17.7 Å². The fraction of sp³-hybridized carbons (Fsp3) is 0.125. The molecule has 1 amide bonds. The van der Waals surface area contributed by atoms with Gasteiger partial charge in [0.1, 0.15) is 5.76 Å². The van der Waals surface area contributed by atoms with Gasteiger partial charge in [0, 0.05) is 23.6 Å². The molecule has 3 rings (SSSR count). The van der Waals surface area contributed by atoms with Gasteiger partial charge < -0.3 is 9.84 Å². The summed E-state index contributed by atoms with van der Waals surface area (Å²) in [5.41, 5.74) is 1.19. The molecule has 0 saturated carbocycles. The summed E-state index contributed by atoms with van der Waals surface area (Å²) < 4.78 is 31.9. The molecule has 10 heteroatoms. The van der Waals surface area contributed by atoms with Crippen LogP contribution >= 0.6 is 0 Å². The molecule has 0 saturated heterocycles. The number of amides is 1. The first kappa shape index (κ1) is 17.5. The maximum Gasteiger partial charge on any atom is 0.277 e. The second-order valence-corrected chi connectivity index (χ2v) is 7.11. The van der Waals surface area contributed by atoms with Gasteiger partial charge >= 0.3 is 0 Å². The predicted octanol–water partition coefficient (Wildman–Crippen LogP) is 2.13. The van der Waals surface area contributed by atoms with E-state index in [2.05, 4.69) is 25.2 Å². The summed E-state index contributed by atoms with van der Waals surface area (Å²) in [6, 6.07) is 8.82. The number of hydrogen-bond donors (Lipinski definition) is 2. The Labute approximate surface area is 149 Å². The van der Waals surface area contributed by atoms with E-state index in [4.69, 9.17) is 4.52 Å². The summed E-state index contributed by atoms with van der Waals surface area (Å²) in [6.07, 6.45) is 1.46. The van der Waals surface area contributed by atoms with E-state index in [1.165, 1.54) is 36.5 Å². The number of aromatic nitrogens is 3. The molecular formula is C16H15N5O4S. The molecule has 134 valence electrons. The monoisotopic (exact) mass is 373 g/mol. The Morgan fingerprint density at radius 3 is 2.46 bits per heavy atom. The Hall–Kier alpha value is -3.27. The van der Waals surface area contributed by atoms with Gasteiger partial charge in [-0.1, -0.05) is 5.16 Å². The Bertz CT molecular complexity index is 1040. The zero-order chi connectivity index (χ0) is 18.7. The summed E-state index contributed by atoms with van der Waals surface area (Å²) in [5.74, 6) is 0.0496. The van der Waals surface area contributed by atoms with Gasteiger partial charge in [0.15, 0.2) is 5.69 Å². The molecule has 0 radical (unpaired) electrons. The molecule has 0 bridgehead atoms. The highest BCUT2D eigenvalue weighted by atomic mass is 32.2. The molecule has 0 atom stereocenters. The molecule has 0 spiro atoms. The fourth-order valence-electron chi connectivity index (χ4n) is 2.06. The van der Waals surface area contributed by atoms with E-state index in [0.717, 1.165) is 0 Å². The van der Waals surface area contributed by atoms with Gasteiger partial charge in [0.05, 0.1) is 4.90 Å². The van der Waals surface area contributed by atoms with Crippen LogP contribution in [-0.2, 0) is 10.0 Å². The van der Waals surface area contributed by atoms with Crippen LogP contribution in [0.4, 0.5) is 11.6 Å². The highest BCUT2D eigenvalue weighted by molar-refractivity contribution is 7.92. The number of anilines is 2. The van der Waals surface area contributed by atoms with Crippen LogP contribution in [0.5, 0.6) is 0 Å². The first-order valence-electron chi connectivity index (χ1n) is 7.51. The first-order valence-corrected chi connectivity index (χ1v) is 8.99. The van der Waals surface area contributed by atoms with Gasteiger partial charge in [0.2, 0.25) is 5.95 Å². The van der Waals surface area contributed by atoms with Crippen molar-refractivity contribution in [1.82, 2.24) is 15.1 Å². The fourth-order valence-corrected chi connectivity index (χ4v) is 3.01. The summed E-state index contributed by atoms with van der Waals surface area (Å²) in [6.45, 7) is 3.40. The molecule has 2 aromatic heterocycles. The predicted molar refractivity (Wildman–Crippen MR) is 93.2 cm³/mol. The summed E-state index contributed by atoms with van der Waals surface area (Å²) in [4.78, 5) is 19.9. The lowest BCUT2D eigenvalue weighted by Crippen LogP contribution is -2.16. The van der Waals surface area contributed by atoms with E-state index in [-0.39, 0.29) is 16.5 Å². The maximum atomic E-state index is 12.4. The minimum atomic E-state index is -3.84. The van der Waals surface area contributed by atoms with Crippen LogP contribution in [0, 0.1) is 13.8 Å². The van der Waals surface area contributed by atoms with Crippen LogP contribution < -0.4 is 10.0 Å². The quantitative estimate of drug-likeness (QED) is 0.701. The van der Waals surface area contributed by atoms with Crippen LogP contribution in [0.15, 0.2) is 52.0 Å². The normalized spacial score (nSPS) is 11.2. The van der Waals surface area contributed by atoms with Crippen LogP contribution in [0.1, 0.15) is 21.9 Å². The molecule has 0 aliphatic rings. The van der Waals surface area contributed by atoms with Crippen molar-refractivity contribution >= 4 is 27.6 Å². The highest BCUT2D eigenvalue weighted by Gasteiger charge is 2.16. The third-order valence-corrected chi connectivity index (χ3v) is 4.65. The first-order chi connectivity index (χ1) is 12.3. The van der Waals surface area contributed by atoms with Crippen LogP contribution in [-0.4, -0.2) is 29.4 Å². The Kier molecular flexibility index (Phi) is 4.67. The third-order valence-electron chi connectivity index (χ3n) is 3.30. The Morgan fingerprint density at radius 2 is 1.85 bits per heavy atom. The molecule has 3 aromatic rings. The zero-order valence-corrected chi connectivity index (χ0v) is 14.7. The second-order valence-electron chi connectivity index (χ2n) is 5.43. The number of sulfonamides is 1. The maximum absolute atomic E-state index is 12.4. The third kappa shape index (κ3) is 4.03. The lowest BCUT2D eigenvalue weighted by Gasteiger charge is -2.08. The number of aryl methyl sites for hydroxylation is 2. The number of nitrogens with one attached hydrogen (secondary N) is 2. The average Bonchev–Trinajstić information content (AvgIpc) is 3.01. The van der Waals surface area contributed by atoms with E-state index in [9.17, 15) is 13.2 Å².